The standard InChI is InChI=1S/C18H28O7.C17H27NO2.F6P/c1-2-4-18-17(3-1)24-15-13-22-11-9-20-7-5-19-6-8-21-10-12-23-14-16-25-18;1-4-17(19)20-9-7-5-6-8-18-13-16-11-14(2)10-15(3)12-16;1-7(2,3,4,5)6/h1-4H,5-16H2;10-12,18H,4-9,13H2,1-3H3;/q;;-1/p+1. The van der Waals surface area contributed by atoms with Gasteiger partial charge in [-0.1, -0.05) is 48.4 Å². The van der Waals surface area contributed by atoms with Crippen molar-refractivity contribution in [1.82, 2.24) is 0 Å². The van der Waals surface area contributed by atoms with Crippen LogP contribution in [0.4, 0.5) is 25.2 Å². The molecule has 52 heavy (non-hydrogen) atoms. The minimum atomic E-state index is -10.7. The summed E-state index contributed by atoms with van der Waals surface area (Å²) in [6.45, 7) is 15.1. The van der Waals surface area contributed by atoms with Crippen molar-refractivity contribution in [2.75, 3.05) is 92.4 Å². The van der Waals surface area contributed by atoms with Crippen LogP contribution in [-0.4, -0.2) is 98.4 Å². The van der Waals surface area contributed by atoms with Crippen LogP contribution < -0.4 is 14.8 Å². The zero-order valence-corrected chi connectivity index (χ0v) is 31.3. The van der Waals surface area contributed by atoms with Gasteiger partial charge in [-0.2, -0.15) is 0 Å². The number of hydrogen-bond acceptors (Lipinski definition) is 9. The largest absolute Gasteiger partial charge is 0.487 e. The van der Waals surface area contributed by atoms with Gasteiger partial charge in [0.05, 0.1) is 79.2 Å². The topological polar surface area (TPSA) is 108 Å². The Morgan fingerprint density at radius 2 is 1.06 bits per heavy atom. The van der Waals surface area contributed by atoms with Crippen molar-refractivity contribution in [3.63, 3.8) is 0 Å². The van der Waals surface area contributed by atoms with Gasteiger partial charge in [0.15, 0.2) is 11.5 Å². The van der Waals surface area contributed by atoms with Crippen LogP contribution in [-0.2, 0) is 39.8 Å². The molecule has 1 heterocycles. The first-order chi connectivity index (χ1) is 24.5. The third-order valence-corrected chi connectivity index (χ3v) is 6.57. The molecule has 1 aliphatic rings. The third-order valence-electron chi connectivity index (χ3n) is 6.57. The number of ether oxygens (including phenoxy) is 8. The Labute approximate surface area is 302 Å². The first kappa shape index (κ1) is 47.3. The number of rotatable bonds is 9. The minimum absolute atomic E-state index is 0.0913. The average Bonchev–Trinajstić information content (AvgIpc) is 3.05. The van der Waals surface area contributed by atoms with Crippen LogP contribution in [0.5, 0.6) is 11.5 Å². The molecule has 302 valence electrons. The molecular formula is C35H56F6NO9P. The van der Waals surface area contributed by atoms with Crippen LogP contribution in [0.2, 0.25) is 0 Å². The fourth-order valence-corrected chi connectivity index (χ4v) is 4.40. The van der Waals surface area contributed by atoms with Gasteiger partial charge >= 0.3 is 39.0 Å². The fraction of sp³-hybridized carbons (Fsp3) is 0.629. The molecule has 3 rings (SSSR count). The Hall–Kier alpha value is -2.72. The Balaban J connectivity index is 0.000000448. The number of carbonyl (C=O) groups excluding carboxylic acids is 1. The smallest absolute Gasteiger partial charge is 0.161 e. The maximum absolute atomic E-state index is 10.9. The first-order valence-corrected chi connectivity index (χ1v) is 19.4. The van der Waals surface area contributed by atoms with E-state index in [-0.39, 0.29) is 5.97 Å². The molecule has 0 atom stereocenters. The van der Waals surface area contributed by atoms with Gasteiger partial charge in [-0.25, -0.2) is 0 Å². The molecule has 17 heteroatoms. The van der Waals surface area contributed by atoms with Gasteiger partial charge in [-0.05, 0) is 45.2 Å². The van der Waals surface area contributed by atoms with E-state index in [4.69, 9.17) is 37.9 Å². The molecule has 0 saturated heterocycles. The first-order valence-electron chi connectivity index (χ1n) is 17.4. The number of carbonyl (C=O) groups is 1. The summed E-state index contributed by atoms with van der Waals surface area (Å²) in [5.41, 5.74) is 4.08. The molecular weight excluding hydrogens is 723 g/mol. The van der Waals surface area contributed by atoms with E-state index in [0.29, 0.717) is 104 Å². The number of fused-ring (bicyclic) bond motifs is 1. The zero-order chi connectivity index (χ0) is 38.6. The van der Waals surface area contributed by atoms with Gasteiger partial charge in [0.1, 0.15) is 19.8 Å². The van der Waals surface area contributed by atoms with E-state index < -0.39 is 7.81 Å². The number of halogens is 6. The summed E-state index contributed by atoms with van der Waals surface area (Å²) >= 11 is 0. The quantitative estimate of drug-likeness (QED) is 0.121. The molecule has 2 aromatic rings. The van der Waals surface area contributed by atoms with Gasteiger partial charge in [0.2, 0.25) is 0 Å². The van der Waals surface area contributed by atoms with Crippen molar-refractivity contribution < 1.29 is 73.2 Å². The molecule has 0 bridgehead atoms. The van der Waals surface area contributed by atoms with Crippen molar-refractivity contribution in [2.45, 2.75) is 53.0 Å². The monoisotopic (exact) mass is 779 g/mol. The maximum Gasteiger partial charge on any atom is 0.161 e. The molecule has 1 aliphatic heterocycles. The Morgan fingerprint density at radius 1 is 0.654 bits per heavy atom. The van der Waals surface area contributed by atoms with Gasteiger partial charge in [-0.3, -0.25) is 4.79 Å². The van der Waals surface area contributed by atoms with Crippen LogP contribution in [0.1, 0.15) is 49.3 Å². The summed E-state index contributed by atoms with van der Waals surface area (Å²) in [6.07, 6.45) is 3.75. The van der Waals surface area contributed by atoms with E-state index in [9.17, 15) is 30.0 Å². The summed E-state index contributed by atoms with van der Waals surface area (Å²) < 4.78 is 103. The van der Waals surface area contributed by atoms with Gasteiger partial charge in [0.25, 0.3) is 0 Å². The molecule has 0 aliphatic carbocycles. The molecule has 0 spiro atoms. The predicted molar refractivity (Wildman–Crippen MR) is 187 cm³/mol. The Bertz CT molecular complexity index is 1170. The van der Waals surface area contributed by atoms with Crippen molar-refractivity contribution in [2.24, 2.45) is 0 Å². The third kappa shape index (κ3) is 33.1. The summed E-state index contributed by atoms with van der Waals surface area (Å²) in [5.74, 6) is 1.31. The van der Waals surface area contributed by atoms with Crippen molar-refractivity contribution in [3.8, 4) is 11.5 Å². The number of para-hydroxylation sites is 2. The number of benzene rings is 2. The van der Waals surface area contributed by atoms with Crippen LogP contribution in [0.25, 0.3) is 0 Å². The molecule has 2 aromatic carbocycles. The summed E-state index contributed by atoms with van der Waals surface area (Å²) in [7, 11) is -10.7. The second-order valence-corrected chi connectivity index (χ2v) is 13.5. The van der Waals surface area contributed by atoms with Crippen LogP contribution >= 0.6 is 7.81 Å². The second kappa shape index (κ2) is 25.3. The second-order valence-electron chi connectivity index (χ2n) is 11.6. The van der Waals surface area contributed by atoms with E-state index in [1.165, 1.54) is 23.1 Å². The van der Waals surface area contributed by atoms with Gasteiger partial charge in [0, 0.05) is 12.0 Å². The summed E-state index contributed by atoms with van der Waals surface area (Å²) in [6, 6.07) is 14.3. The number of nitrogens with two attached hydrogens (primary N) is 1. The molecule has 0 fully saturated rings. The predicted octanol–water partition coefficient (Wildman–Crippen LogP) is 7.41. The van der Waals surface area contributed by atoms with Crippen molar-refractivity contribution in [1.29, 1.82) is 0 Å². The van der Waals surface area contributed by atoms with E-state index in [1.807, 2.05) is 31.2 Å². The van der Waals surface area contributed by atoms with E-state index >= 15 is 0 Å². The number of quaternary nitrogens is 1. The molecule has 10 nitrogen and oxygen atoms in total. The molecule has 0 unspecified atom stereocenters. The average molecular weight is 780 g/mol. The number of hydrogen-bond donors (Lipinski definition) is 1. The molecule has 0 saturated carbocycles. The van der Waals surface area contributed by atoms with Crippen molar-refractivity contribution >= 4 is 13.8 Å². The molecule has 0 radical (unpaired) electrons. The molecule has 0 amide bonds. The van der Waals surface area contributed by atoms with Crippen LogP contribution in [0, 0.1) is 13.8 Å². The SMILES string of the molecule is CCC(=O)OCCCCC[NH2+]Cc1cc(C)cc(C)c1.F[P-](F)(F)(F)(F)F.c1ccc2c(c1)OCCOCCOCCOCCOCCOCCO2. The summed E-state index contributed by atoms with van der Waals surface area (Å²) in [5, 5.41) is 2.35. The number of aryl methyl sites for hydroxylation is 2. The Kier molecular flexibility index (Phi) is 23.0. The Morgan fingerprint density at radius 3 is 1.46 bits per heavy atom. The minimum Gasteiger partial charge on any atom is -0.487 e. The number of esters is 1. The van der Waals surface area contributed by atoms with E-state index in [0.717, 1.165) is 25.9 Å². The molecule has 2 N–H and O–H groups in total. The van der Waals surface area contributed by atoms with Gasteiger partial charge < -0.3 is 43.2 Å². The van der Waals surface area contributed by atoms with Crippen LogP contribution in [0.3, 0.4) is 0 Å². The molecule has 0 aromatic heterocycles. The maximum atomic E-state index is 10.9. The number of unbranched alkanes of at least 4 members (excludes halogenated alkanes) is 2. The van der Waals surface area contributed by atoms with Gasteiger partial charge in [-0.15, -0.1) is 0 Å². The van der Waals surface area contributed by atoms with E-state index in [1.54, 1.807) is 0 Å². The normalized spacial score (nSPS) is 16.9. The van der Waals surface area contributed by atoms with E-state index in [2.05, 4.69) is 37.4 Å². The zero-order valence-electron chi connectivity index (χ0n) is 30.4. The summed E-state index contributed by atoms with van der Waals surface area (Å²) in [4.78, 5) is 10.9. The van der Waals surface area contributed by atoms with Crippen molar-refractivity contribution in [3.05, 3.63) is 59.2 Å². The van der Waals surface area contributed by atoms with Crippen LogP contribution in [0.15, 0.2) is 42.5 Å². The fourth-order valence-electron chi connectivity index (χ4n) is 4.40.